The van der Waals surface area contributed by atoms with Crippen molar-refractivity contribution in [1.29, 1.82) is 0 Å². The van der Waals surface area contributed by atoms with Gasteiger partial charge >= 0.3 is 0 Å². The van der Waals surface area contributed by atoms with E-state index in [1.165, 1.54) is 23.5 Å². The van der Waals surface area contributed by atoms with Crippen LogP contribution in [0.4, 0.5) is 0 Å². The molecule has 1 amide bonds. The number of amides is 1. The van der Waals surface area contributed by atoms with E-state index in [0.29, 0.717) is 18.2 Å². The number of hydrogen-bond donors (Lipinski definition) is 0. The minimum Gasteiger partial charge on any atom is -0.340 e. The maximum Gasteiger partial charge on any atom is 0.222 e. The van der Waals surface area contributed by atoms with Gasteiger partial charge in [-0.15, -0.1) is 11.3 Å². The van der Waals surface area contributed by atoms with Crippen molar-refractivity contribution < 1.29 is 4.79 Å². The second-order valence-electron chi connectivity index (χ2n) is 6.70. The van der Waals surface area contributed by atoms with Crippen molar-refractivity contribution in [3.63, 3.8) is 0 Å². The quantitative estimate of drug-likeness (QED) is 0.839. The fourth-order valence-electron chi connectivity index (χ4n) is 2.79. The topological polar surface area (TPSA) is 36.4 Å². The van der Waals surface area contributed by atoms with Crippen molar-refractivity contribution in [3.05, 3.63) is 16.1 Å². The number of carbonyl (C=O) groups excluding carboxylic acids is 1. The Morgan fingerprint density at radius 1 is 1.33 bits per heavy atom. The van der Waals surface area contributed by atoms with Crippen molar-refractivity contribution in [2.24, 2.45) is 5.92 Å². The van der Waals surface area contributed by atoms with Crippen LogP contribution in [0.1, 0.15) is 49.7 Å². The second kappa shape index (κ2) is 6.44. The summed E-state index contributed by atoms with van der Waals surface area (Å²) < 4.78 is 0. The highest BCUT2D eigenvalue weighted by Gasteiger charge is 2.27. The molecule has 1 aromatic rings. The first-order valence-electron chi connectivity index (χ1n) is 8.06. The lowest BCUT2D eigenvalue weighted by molar-refractivity contribution is -0.133. The molecule has 2 aliphatic rings. The van der Waals surface area contributed by atoms with Gasteiger partial charge in [-0.05, 0) is 18.8 Å². The molecule has 0 radical (unpaired) electrons. The van der Waals surface area contributed by atoms with Crippen molar-refractivity contribution >= 4 is 17.2 Å². The maximum absolute atomic E-state index is 12.1. The highest BCUT2D eigenvalue weighted by molar-refractivity contribution is 7.09. The Morgan fingerprint density at radius 3 is 2.67 bits per heavy atom. The van der Waals surface area contributed by atoms with E-state index in [1.54, 1.807) is 11.3 Å². The van der Waals surface area contributed by atoms with Gasteiger partial charge < -0.3 is 4.90 Å². The van der Waals surface area contributed by atoms with Crippen LogP contribution in [0, 0.1) is 5.92 Å². The summed E-state index contributed by atoms with van der Waals surface area (Å²) in [6.07, 6.45) is 3.32. The molecule has 0 unspecified atom stereocenters. The Hall–Kier alpha value is -0.940. The largest absolute Gasteiger partial charge is 0.340 e. The molecule has 5 heteroatoms. The zero-order valence-corrected chi connectivity index (χ0v) is 13.9. The second-order valence-corrected chi connectivity index (χ2v) is 7.64. The van der Waals surface area contributed by atoms with Gasteiger partial charge in [0.05, 0.1) is 12.2 Å². The zero-order valence-electron chi connectivity index (χ0n) is 13.0. The van der Waals surface area contributed by atoms with Gasteiger partial charge in [0.25, 0.3) is 0 Å². The van der Waals surface area contributed by atoms with E-state index in [-0.39, 0.29) is 0 Å². The molecule has 0 bridgehead atoms. The van der Waals surface area contributed by atoms with E-state index in [1.807, 2.05) is 4.90 Å². The third-order valence-electron chi connectivity index (χ3n) is 4.23. The van der Waals surface area contributed by atoms with E-state index < -0.39 is 0 Å². The van der Waals surface area contributed by atoms with Crippen molar-refractivity contribution in [2.45, 2.75) is 45.6 Å². The summed E-state index contributed by atoms with van der Waals surface area (Å²) in [6, 6.07) is 0. The van der Waals surface area contributed by atoms with Crippen LogP contribution in [0.3, 0.4) is 0 Å². The molecule has 1 saturated carbocycles. The molecule has 0 N–H and O–H groups in total. The lowest BCUT2D eigenvalue weighted by atomic mass is 10.1. The molecule has 116 valence electrons. The number of thiazole rings is 1. The smallest absolute Gasteiger partial charge is 0.222 e. The van der Waals surface area contributed by atoms with Crippen LogP contribution in [-0.2, 0) is 11.3 Å². The monoisotopic (exact) mass is 307 g/mol. The van der Waals surface area contributed by atoms with Crippen LogP contribution in [0.5, 0.6) is 0 Å². The Balaban J connectivity index is 1.45. The van der Waals surface area contributed by atoms with Crippen LogP contribution in [0.2, 0.25) is 0 Å². The Labute approximate surface area is 131 Å². The summed E-state index contributed by atoms with van der Waals surface area (Å²) >= 11 is 1.79. The number of rotatable bonds is 5. The molecule has 1 saturated heterocycles. The van der Waals surface area contributed by atoms with Gasteiger partial charge in [0, 0.05) is 43.9 Å². The fourth-order valence-corrected chi connectivity index (χ4v) is 3.71. The number of aromatic nitrogens is 1. The predicted molar refractivity (Wildman–Crippen MR) is 85.4 cm³/mol. The van der Waals surface area contributed by atoms with Gasteiger partial charge in [-0.3, -0.25) is 9.69 Å². The number of carbonyl (C=O) groups is 1. The summed E-state index contributed by atoms with van der Waals surface area (Å²) in [5.41, 5.74) is 1.31. The molecule has 1 aliphatic carbocycles. The highest BCUT2D eigenvalue weighted by Crippen LogP contribution is 2.40. The van der Waals surface area contributed by atoms with Crippen molar-refractivity contribution in [1.82, 2.24) is 14.8 Å². The van der Waals surface area contributed by atoms with E-state index in [4.69, 9.17) is 4.98 Å². The number of piperazine rings is 1. The van der Waals surface area contributed by atoms with Crippen LogP contribution in [-0.4, -0.2) is 46.9 Å². The molecule has 1 aromatic heterocycles. The predicted octanol–water partition coefficient (Wildman–Crippen LogP) is 2.71. The molecular weight excluding hydrogens is 282 g/mol. The lowest BCUT2D eigenvalue weighted by Crippen LogP contribution is -2.48. The first-order chi connectivity index (χ1) is 10.1. The van der Waals surface area contributed by atoms with E-state index in [9.17, 15) is 4.79 Å². The Morgan fingerprint density at radius 2 is 2.05 bits per heavy atom. The third-order valence-corrected chi connectivity index (χ3v) is 5.08. The van der Waals surface area contributed by atoms with Crippen molar-refractivity contribution in [3.8, 4) is 0 Å². The van der Waals surface area contributed by atoms with Crippen LogP contribution >= 0.6 is 11.3 Å². The minimum atomic E-state index is 0.315. The summed E-state index contributed by atoms with van der Waals surface area (Å²) in [5.74, 6) is 1.52. The molecule has 3 rings (SSSR count). The minimum absolute atomic E-state index is 0.315. The van der Waals surface area contributed by atoms with Crippen LogP contribution < -0.4 is 0 Å². The Bertz CT molecular complexity index is 487. The highest BCUT2D eigenvalue weighted by atomic mass is 32.1. The molecule has 4 nitrogen and oxygen atoms in total. The van der Waals surface area contributed by atoms with Crippen LogP contribution in [0.15, 0.2) is 5.38 Å². The Kier molecular flexibility index (Phi) is 4.60. The molecule has 0 atom stereocenters. The van der Waals surface area contributed by atoms with Gasteiger partial charge in [-0.25, -0.2) is 4.98 Å². The lowest BCUT2D eigenvalue weighted by Gasteiger charge is -2.34. The summed E-state index contributed by atoms with van der Waals surface area (Å²) in [4.78, 5) is 21.3. The molecule has 0 spiro atoms. The zero-order chi connectivity index (χ0) is 14.8. The first-order valence-corrected chi connectivity index (χ1v) is 8.94. The maximum atomic E-state index is 12.1. The van der Waals surface area contributed by atoms with Gasteiger partial charge in [-0.2, -0.15) is 0 Å². The van der Waals surface area contributed by atoms with Crippen molar-refractivity contribution in [2.75, 3.05) is 26.2 Å². The third kappa shape index (κ3) is 4.04. The standard InChI is InChI=1S/C16H25N3OS/c1-12(2)9-16(20)19-7-5-18(6-8-19)10-15-17-14(11-21-15)13-3-4-13/h11-13H,3-10H2,1-2H3. The average Bonchev–Trinajstić information content (AvgIpc) is 3.20. The molecule has 2 heterocycles. The van der Waals surface area contributed by atoms with Crippen LogP contribution in [0.25, 0.3) is 0 Å². The summed E-state index contributed by atoms with van der Waals surface area (Å²) in [5, 5.41) is 3.47. The van der Waals surface area contributed by atoms with Gasteiger partial charge in [0.2, 0.25) is 5.91 Å². The summed E-state index contributed by atoms with van der Waals surface area (Å²) in [6.45, 7) is 8.84. The number of hydrogen-bond acceptors (Lipinski definition) is 4. The van der Waals surface area contributed by atoms with Gasteiger partial charge in [-0.1, -0.05) is 13.8 Å². The first kappa shape index (κ1) is 15.0. The summed E-state index contributed by atoms with van der Waals surface area (Å²) in [7, 11) is 0. The molecule has 1 aliphatic heterocycles. The van der Waals surface area contributed by atoms with E-state index in [0.717, 1.165) is 38.6 Å². The normalized spacial score (nSPS) is 20.2. The average molecular weight is 307 g/mol. The van der Waals surface area contributed by atoms with E-state index in [2.05, 4.69) is 24.1 Å². The molecule has 0 aromatic carbocycles. The molecule has 21 heavy (non-hydrogen) atoms. The van der Waals surface area contributed by atoms with Gasteiger partial charge in [0.15, 0.2) is 0 Å². The fraction of sp³-hybridized carbons (Fsp3) is 0.750. The SMILES string of the molecule is CC(C)CC(=O)N1CCN(Cc2nc(C3CC3)cs2)CC1. The van der Waals surface area contributed by atoms with Gasteiger partial charge in [0.1, 0.15) is 5.01 Å². The number of nitrogens with zero attached hydrogens (tertiary/aromatic N) is 3. The van der Waals surface area contributed by atoms with E-state index >= 15 is 0 Å². The molecular formula is C16H25N3OS. The molecule has 2 fully saturated rings.